The summed E-state index contributed by atoms with van der Waals surface area (Å²) >= 11 is 0. The molecule has 0 radical (unpaired) electrons. The fourth-order valence-corrected chi connectivity index (χ4v) is 4.39. The zero-order chi connectivity index (χ0) is 23.4. The Morgan fingerprint density at radius 2 is 1.73 bits per heavy atom. The Bertz CT molecular complexity index is 1020. The van der Waals surface area contributed by atoms with Crippen molar-refractivity contribution >= 4 is 23.5 Å². The predicted octanol–water partition coefficient (Wildman–Crippen LogP) is 2.87. The summed E-state index contributed by atoms with van der Waals surface area (Å²) in [7, 11) is 1.58. The van der Waals surface area contributed by atoms with Crippen molar-refractivity contribution < 1.29 is 19.1 Å². The zero-order valence-electron chi connectivity index (χ0n) is 19.1. The van der Waals surface area contributed by atoms with Gasteiger partial charge in [-0.3, -0.25) is 9.59 Å². The van der Waals surface area contributed by atoms with Gasteiger partial charge in [0, 0.05) is 50.5 Å². The number of hydrogen-bond donors (Lipinski definition) is 1. The smallest absolute Gasteiger partial charge is 0.321 e. The highest BCUT2D eigenvalue weighted by Gasteiger charge is 2.38. The summed E-state index contributed by atoms with van der Waals surface area (Å²) in [5.74, 6) is -0.205. The maximum absolute atomic E-state index is 12.8. The van der Waals surface area contributed by atoms with E-state index in [0.717, 1.165) is 11.1 Å². The van der Waals surface area contributed by atoms with Gasteiger partial charge in [0.05, 0.1) is 7.11 Å². The van der Waals surface area contributed by atoms with Gasteiger partial charge in [-0.25, -0.2) is 4.79 Å². The lowest BCUT2D eigenvalue weighted by atomic mass is 10.0. The van der Waals surface area contributed by atoms with Crippen LogP contribution in [0.4, 0.5) is 10.5 Å². The van der Waals surface area contributed by atoms with Crippen LogP contribution in [-0.2, 0) is 16.1 Å². The number of piperazine rings is 1. The van der Waals surface area contributed by atoms with E-state index in [1.807, 2.05) is 49.4 Å². The second-order valence-electron chi connectivity index (χ2n) is 8.59. The average Bonchev–Trinajstić information content (AvgIpc) is 2.84. The fraction of sp³-hybridized carbons (Fsp3) is 0.400. The van der Waals surface area contributed by atoms with Gasteiger partial charge in [-0.2, -0.15) is 0 Å². The minimum Gasteiger partial charge on any atom is -0.497 e. The number of methoxy groups -OCH3 is 1. The van der Waals surface area contributed by atoms with Gasteiger partial charge in [-0.15, -0.1) is 0 Å². The van der Waals surface area contributed by atoms with Crippen LogP contribution in [0.25, 0.3) is 0 Å². The normalized spacial score (nSPS) is 17.3. The minimum atomic E-state index is -0.444. The molecule has 2 aromatic rings. The van der Waals surface area contributed by atoms with Crippen LogP contribution in [0, 0.1) is 6.92 Å². The molecule has 174 valence electrons. The van der Waals surface area contributed by atoms with Crippen LogP contribution in [0.2, 0.25) is 0 Å². The molecule has 2 aromatic carbocycles. The van der Waals surface area contributed by atoms with Crippen LogP contribution >= 0.6 is 0 Å². The van der Waals surface area contributed by atoms with Gasteiger partial charge < -0.3 is 24.8 Å². The summed E-state index contributed by atoms with van der Waals surface area (Å²) in [6.45, 7) is 4.58. The van der Waals surface area contributed by atoms with Crippen molar-refractivity contribution in [1.29, 1.82) is 0 Å². The van der Waals surface area contributed by atoms with Gasteiger partial charge in [-0.1, -0.05) is 35.9 Å². The molecule has 33 heavy (non-hydrogen) atoms. The predicted molar refractivity (Wildman–Crippen MR) is 125 cm³/mol. The SMILES string of the molecule is COc1cccc(NC(=O)N2CCC(N3CCN(Cc4ccc(C)cc4)C(=O)C3=O)CC2)c1. The number of hydrogen-bond acceptors (Lipinski definition) is 4. The van der Waals surface area contributed by atoms with E-state index in [0.29, 0.717) is 57.0 Å². The number of aryl methyl sites for hydroxylation is 1. The van der Waals surface area contributed by atoms with Gasteiger partial charge >= 0.3 is 17.8 Å². The molecule has 0 aliphatic carbocycles. The first kappa shape index (κ1) is 22.6. The van der Waals surface area contributed by atoms with Gasteiger partial charge in [0.25, 0.3) is 0 Å². The quantitative estimate of drug-likeness (QED) is 0.711. The maximum Gasteiger partial charge on any atom is 0.321 e. The first-order valence-corrected chi connectivity index (χ1v) is 11.3. The van der Waals surface area contributed by atoms with Gasteiger partial charge in [0.1, 0.15) is 5.75 Å². The number of nitrogens with one attached hydrogen (secondary N) is 1. The van der Waals surface area contributed by atoms with Crippen molar-refractivity contribution in [2.75, 3.05) is 38.6 Å². The third-order valence-electron chi connectivity index (χ3n) is 6.35. The number of benzene rings is 2. The molecule has 0 unspecified atom stereocenters. The van der Waals surface area contributed by atoms with E-state index >= 15 is 0 Å². The minimum absolute atomic E-state index is 0.0242. The molecule has 8 nitrogen and oxygen atoms in total. The highest BCUT2D eigenvalue weighted by molar-refractivity contribution is 6.35. The average molecular weight is 451 g/mol. The molecule has 1 N–H and O–H groups in total. The van der Waals surface area contributed by atoms with Crippen LogP contribution in [-0.4, -0.2) is 71.9 Å². The monoisotopic (exact) mass is 450 g/mol. The lowest BCUT2D eigenvalue weighted by Crippen LogP contribution is -2.59. The standard InChI is InChI=1S/C25H30N4O4/c1-18-6-8-19(9-7-18)17-28-14-15-29(24(31)23(28)30)21-10-12-27(13-11-21)25(32)26-20-4-3-5-22(16-20)33-2/h3-9,16,21H,10-15,17H2,1-2H3,(H,26,32). The van der Waals surface area contributed by atoms with Crippen molar-refractivity contribution in [1.82, 2.24) is 14.7 Å². The number of carbonyl (C=O) groups excluding carboxylic acids is 3. The molecular formula is C25H30N4O4. The topological polar surface area (TPSA) is 82.2 Å². The number of rotatable bonds is 5. The van der Waals surface area contributed by atoms with Crippen molar-refractivity contribution in [2.45, 2.75) is 32.4 Å². The Morgan fingerprint density at radius 1 is 1.00 bits per heavy atom. The number of urea groups is 1. The largest absolute Gasteiger partial charge is 0.497 e. The Hall–Kier alpha value is -3.55. The van der Waals surface area contributed by atoms with Crippen molar-refractivity contribution in [3.8, 4) is 5.75 Å². The number of anilines is 1. The highest BCUT2D eigenvalue weighted by Crippen LogP contribution is 2.22. The summed E-state index contributed by atoms with van der Waals surface area (Å²) in [4.78, 5) is 43.3. The molecule has 0 atom stereocenters. The van der Waals surface area contributed by atoms with E-state index in [1.165, 1.54) is 0 Å². The molecule has 8 heteroatoms. The molecule has 2 heterocycles. The second kappa shape index (κ2) is 9.94. The number of nitrogens with zero attached hydrogens (tertiary/aromatic N) is 3. The van der Waals surface area contributed by atoms with E-state index in [1.54, 1.807) is 27.9 Å². The molecule has 2 aliphatic heterocycles. The molecule has 4 rings (SSSR count). The number of likely N-dealkylation sites (tertiary alicyclic amines) is 1. The lowest BCUT2D eigenvalue weighted by molar-refractivity contribution is -0.158. The van der Waals surface area contributed by atoms with Crippen LogP contribution in [0.5, 0.6) is 5.75 Å². The Kier molecular flexibility index (Phi) is 6.82. The van der Waals surface area contributed by atoms with Gasteiger partial charge in [0.15, 0.2) is 0 Å². The summed E-state index contributed by atoms with van der Waals surface area (Å²) in [6, 6.07) is 15.0. The lowest BCUT2D eigenvalue weighted by Gasteiger charge is -2.42. The summed E-state index contributed by atoms with van der Waals surface area (Å²) in [5.41, 5.74) is 2.85. The van der Waals surface area contributed by atoms with Crippen molar-refractivity contribution in [2.24, 2.45) is 0 Å². The number of carbonyl (C=O) groups is 3. The molecular weight excluding hydrogens is 420 g/mol. The number of amides is 4. The Labute approximate surface area is 194 Å². The first-order valence-electron chi connectivity index (χ1n) is 11.3. The third kappa shape index (κ3) is 5.27. The van der Waals surface area contributed by atoms with E-state index in [4.69, 9.17) is 4.74 Å². The number of ether oxygens (including phenoxy) is 1. The van der Waals surface area contributed by atoms with Crippen LogP contribution in [0.3, 0.4) is 0 Å². The first-order chi connectivity index (χ1) is 15.9. The maximum atomic E-state index is 12.8. The molecule has 0 aromatic heterocycles. The summed E-state index contributed by atoms with van der Waals surface area (Å²) in [5, 5.41) is 2.89. The number of piperidine rings is 1. The summed E-state index contributed by atoms with van der Waals surface area (Å²) in [6.07, 6.45) is 1.31. The second-order valence-corrected chi connectivity index (χ2v) is 8.59. The van der Waals surface area contributed by atoms with Crippen LogP contribution < -0.4 is 10.1 Å². The van der Waals surface area contributed by atoms with E-state index in [-0.39, 0.29) is 12.1 Å². The highest BCUT2D eigenvalue weighted by atomic mass is 16.5. The zero-order valence-corrected chi connectivity index (χ0v) is 19.1. The van der Waals surface area contributed by atoms with E-state index < -0.39 is 11.8 Å². The third-order valence-corrected chi connectivity index (χ3v) is 6.35. The van der Waals surface area contributed by atoms with Crippen molar-refractivity contribution in [3.63, 3.8) is 0 Å². The molecule has 0 spiro atoms. The molecule has 2 saturated heterocycles. The van der Waals surface area contributed by atoms with Crippen LogP contribution in [0.15, 0.2) is 48.5 Å². The van der Waals surface area contributed by atoms with E-state index in [2.05, 4.69) is 5.32 Å². The molecule has 2 aliphatic rings. The molecule has 0 saturated carbocycles. The molecule has 4 amide bonds. The van der Waals surface area contributed by atoms with E-state index in [9.17, 15) is 14.4 Å². The Balaban J connectivity index is 1.29. The Morgan fingerprint density at radius 3 is 2.42 bits per heavy atom. The van der Waals surface area contributed by atoms with Crippen LogP contribution in [0.1, 0.15) is 24.0 Å². The fourth-order valence-electron chi connectivity index (χ4n) is 4.39. The molecule has 2 fully saturated rings. The van der Waals surface area contributed by atoms with Gasteiger partial charge in [0.2, 0.25) is 0 Å². The summed E-state index contributed by atoms with van der Waals surface area (Å²) < 4.78 is 5.19. The molecule has 0 bridgehead atoms. The van der Waals surface area contributed by atoms with Crippen molar-refractivity contribution in [3.05, 3.63) is 59.7 Å². The van der Waals surface area contributed by atoms with Gasteiger partial charge in [-0.05, 0) is 37.5 Å².